The molecule has 8 heteroatoms. The summed E-state index contributed by atoms with van der Waals surface area (Å²) in [5, 5.41) is -0.224. The first kappa shape index (κ1) is 27.7. The highest BCUT2D eigenvalue weighted by atomic mass is 35.9. The first-order chi connectivity index (χ1) is 14.4. The summed E-state index contributed by atoms with van der Waals surface area (Å²) in [6, 6.07) is 9.91. The van der Waals surface area contributed by atoms with E-state index in [0.29, 0.717) is 13.0 Å². The minimum Gasteiger partial charge on any atom is -0.376 e. The van der Waals surface area contributed by atoms with E-state index in [1.165, 1.54) is 32.1 Å². The Kier molecular flexibility index (Phi) is 16.0. The summed E-state index contributed by atoms with van der Waals surface area (Å²) in [5.74, 6) is 0. The lowest BCUT2D eigenvalue weighted by atomic mass is 10.1. The SMILES string of the molecule is CCCCCCCCCC(=O)S[C@H](COC/C=C/c1ccccc1)COP(=O)(Cl)Cl. The summed E-state index contributed by atoms with van der Waals surface area (Å²) in [6.07, 6.45) is 8.89. The lowest BCUT2D eigenvalue weighted by molar-refractivity contribution is -0.111. The van der Waals surface area contributed by atoms with Crippen molar-refractivity contribution in [1.29, 1.82) is 0 Å². The van der Waals surface area contributed by atoms with Crippen LogP contribution < -0.4 is 0 Å². The number of hydrogen-bond acceptors (Lipinski definition) is 5. The number of carbonyl (C=O) groups excluding carboxylic acids is 1. The average molecular weight is 495 g/mol. The highest BCUT2D eigenvalue weighted by Crippen LogP contribution is 2.57. The van der Waals surface area contributed by atoms with Gasteiger partial charge in [0, 0.05) is 6.42 Å². The molecule has 0 aliphatic rings. The fourth-order valence-corrected chi connectivity index (χ4v) is 4.50. The van der Waals surface area contributed by atoms with Crippen LogP contribution >= 0.6 is 40.3 Å². The summed E-state index contributed by atoms with van der Waals surface area (Å²) < 4.78 is 22.1. The minimum absolute atomic E-state index is 0.000101. The van der Waals surface area contributed by atoms with Gasteiger partial charge in [0.25, 0.3) is 0 Å². The van der Waals surface area contributed by atoms with Crippen LogP contribution in [-0.4, -0.2) is 30.2 Å². The van der Waals surface area contributed by atoms with Crippen LogP contribution in [0.4, 0.5) is 0 Å². The molecule has 1 aromatic carbocycles. The molecule has 0 unspecified atom stereocenters. The molecule has 170 valence electrons. The Morgan fingerprint density at radius 3 is 2.40 bits per heavy atom. The number of benzene rings is 1. The Balaban J connectivity index is 2.32. The van der Waals surface area contributed by atoms with Crippen LogP contribution in [0.2, 0.25) is 0 Å². The standard InChI is InChI=1S/C22H33Cl2O4PS/c1-2-3-4-5-6-7-11-16-22(25)30-21(19-28-29(23,24)26)18-27-17-12-15-20-13-9-8-10-14-20/h8-10,12-15,21H,2-7,11,16-19H2,1H3/b15-12+/t21-/m1/s1. The molecule has 0 saturated heterocycles. The number of rotatable bonds is 17. The maximum Gasteiger partial charge on any atom is 0.380 e. The molecule has 0 fully saturated rings. The highest BCUT2D eigenvalue weighted by Gasteiger charge is 2.21. The second-order valence-corrected chi connectivity index (χ2v) is 12.7. The molecule has 1 atom stereocenters. The van der Waals surface area contributed by atoms with Gasteiger partial charge >= 0.3 is 6.07 Å². The van der Waals surface area contributed by atoms with E-state index in [-0.39, 0.29) is 23.6 Å². The van der Waals surface area contributed by atoms with Crippen LogP contribution in [0.3, 0.4) is 0 Å². The topological polar surface area (TPSA) is 52.6 Å². The van der Waals surface area contributed by atoms with Crippen LogP contribution in [0.1, 0.15) is 63.9 Å². The average Bonchev–Trinajstić information content (AvgIpc) is 2.71. The molecule has 0 saturated carbocycles. The predicted octanol–water partition coefficient (Wildman–Crippen LogP) is 8.09. The highest BCUT2D eigenvalue weighted by molar-refractivity contribution is 8.14. The van der Waals surface area contributed by atoms with Gasteiger partial charge in [-0.1, -0.05) is 99.7 Å². The molecule has 1 aromatic rings. The second-order valence-electron chi connectivity index (χ2n) is 7.04. The van der Waals surface area contributed by atoms with Gasteiger partial charge in [0.05, 0.1) is 25.1 Å². The monoisotopic (exact) mass is 494 g/mol. The van der Waals surface area contributed by atoms with E-state index >= 15 is 0 Å². The van der Waals surface area contributed by atoms with E-state index < -0.39 is 6.07 Å². The zero-order valence-corrected chi connectivity index (χ0v) is 20.9. The van der Waals surface area contributed by atoms with E-state index in [2.05, 4.69) is 6.92 Å². The van der Waals surface area contributed by atoms with Crippen molar-refractivity contribution in [3.8, 4) is 0 Å². The van der Waals surface area contributed by atoms with Gasteiger partial charge in [0.2, 0.25) is 0 Å². The Morgan fingerprint density at radius 1 is 1.07 bits per heavy atom. The van der Waals surface area contributed by atoms with Gasteiger partial charge in [-0.05, 0) is 34.5 Å². The van der Waals surface area contributed by atoms with E-state index in [1.807, 2.05) is 42.5 Å². The van der Waals surface area contributed by atoms with E-state index in [0.717, 1.165) is 30.2 Å². The normalized spacial score (nSPS) is 13.0. The van der Waals surface area contributed by atoms with Crippen LogP contribution in [0.5, 0.6) is 0 Å². The number of unbranched alkanes of at least 4 members (excludes halogenated alkanes) is 6. The lowest BCUT2D eigenvalue weighted by Gasteiger charge is -2.16. The third kappa shape index (κ3) is 16.4. The summed E-state index contributed by atoms with van der Waals surface area (Å²) in [6.45, 7) is 2.88. The smallest absolute Gasteiger partial charge is 0.376 e. The first-order valence-electron chi connectivity index (χ1n) is 10.5. The molecule has 0 aliphatic heterocycles. The third-order valence-corrected chi connectivity index (χ3v) is 6.43. The molecule has 30 heavy (non-hydrogen) atoms. The van der Waals surface area contributed by atoms with Gasteiger partial charge in [-0.2, -0.15) is 0 Å². The molecule has 0 heterocycles. The molecular formula is C22H33Cl2O4PS. The summed E-state index contributed by atoms with van der Waals surface area (Å²) in [5.41, 5.74) is 1.09. The van der Waals surface area contributed by atoms with Gasteiger partial charge in [-0.25, -0.2) is 0 Å². The zero-order chi connectivity index (χ0) is 22.1. The van der Waals surface area contributed by atoms with Crippen LogP contribution in [0.15, 0.2) is 36.4 Å². The molecule has 1 rings (SSSR count). The van der Waals surface area contributed by atoms with E-state index in [9.17, 15) is 9.36 Å². The molecule has 0 aliphatic carbocycles. The quantitative estimate of drug-likeness (QED) is 0.162. The van der Waals surface area contributed by atoms with Crippen LogP contribution in [0, 0.1) is 0 Å². The largest absolute Gasteiger partial charge is 0.380 e. The number of halogens is 2. The first-order valence-corrected chi connectivity index (χ1v) is 14.8. The molecule has 0 N–H and O–H groups in total. The second kappa shape index (κ2) is 17.3. The number of hydrogen-bond donors (Lipinski definition) is 0. The summed E-state index contributed by atoms with van der Waals surface area (Å²) in [4.78, 5) is 12.3. The molecule has 0 radical (unpaired) electrons. The van der Waals surface area contributed by atoms with Crippen molar-refractivity contribution in [1.82, 2.24) is 0 Å². The molecular weight excluding hydrogens is 462 g/mol. The van der Waals surface area contributed by atoms with Crippen LogP contribution in [0.25, 0.3) is 6.08 Å². The van der Waals surface area contributed by atoms with Gasteiger partial charge < -0.3 is 9.26 Å². The third-order valence-electron chi connectivity index (χ3n) is 4.32. The Morgan fingerprint density at radius 2 is 1.73 bits per heavy atom. The maximum absolute atomic E-state index is 12.3. The van der Waals surface area contributed by atoms with Gasteiger partial charge in [0.15, 0.2) is 5.12 Å². The van der Waals surface area contributed by atoms with E-state index in [4.69, 9.17) is 31.7 Å². The van der Waals surface area contributed by atoms with Gasteiger partial charge in [-0.3, -0.25) is 9.36 Å². The van der Waals surface area contributed by atoms with Crippen molar-refractivity contribution in [3.05, 3.63) is 42.0 Å². The minimum atomic E-state index is -3.64. The Labute approximate surface area is 195 Å². The molecule has 0 spiro atoms. The maximum atomic E-state index is 12.3. The Hall–Kier alpha value is -0.290. The van der Waals surface area contributed by atoms with Gasteiger partial charge in [-0.15, -0.1) is 0 Å². The fourth-order valence-electron chi connectivity index (χ4n) is 2.77. The van der Waals surface area contributed by atoms with Crippen molar-refractivity contribution in [2.45, 2.75) is 63.5 Å². The lowest BCUT2D eigenvalue weighted by Crippen LogP contribution is -2.20. The summed E-state index contributed by atoms with van der Waals surface area (Å²) in [7, 11) is 0. The van der Waals surface area contributed by atoms with Crippen molar-refractivity contribution in [3.63, 3.8) is 0 Å². The molecule has 0 aromatic heterocycles. The van der Waals surface area contributed by atoms with Crippen molar-refractivity contribution in [2.24, 2.45) is 0 Å². The molecule has 4 nitrogen and oxygen atoms in total. The van der Waals surface area contributed by atoms with E-state index in [1.54, 1.807) is 0 Å². The van der Waals surface area contributed by atoms with Crippen LogP contribution in [-0.2, 0) is 18.6 Å². The fraction of sp³-hybridized carbons (Fsp3) is 0.591. The number of thioether (sulfide) groups is 1. The van der Waals surface area contributed by atoms with Gasteiger partial charge in [0.1, 0.15) is 0 Å². The number of carbonyl (C=O) groups is 1. The molecule has 0 amide bonds. The van der Waals surface area contributed by atoms with Crippen molar-refractivity contribution >= 4 is 51.5 Å². The Bertz CT molecular complexity index is 652. The predicted molar refractivity (Wildman–Crippen MR) is 131 cm³/mol. The zero-order valence-electron chi connectivity index (χ0n) is 17.6. The van der Waals surface area contributed by atoms with Crippen molar-refractivity contribution < 1.29 is 18.6 Å². The summed E-state index contributed by atoms with van der Waals surface area (Å²) >= 11 is 12.1. The molecule has 0 bridgehead atoms. The number of ether oxygens (including phenoxy) is 1. The van der Waals surface area contributed by atoms with Crippen molar-refractivity contribution in [2.75, 3.05) is 19.8 Å².